The summed E-state index contributed by atoms with van der Waals surface area (Å²) in [7, 11) is 0. The number of carbonyl (C=O) groups is 1. The van der Waals surface area contributed by atoms with Crippen LogP contribution < -0.4 is 10.6 Å². The molecule has 1 saturated heterocycles. The van der Waals surface area contributed by atoms with Crippen LogP contribution in [-0.2, 0) is 4.74 Å². The van der Waals surface area contributed by atoms with Crippen molar-refractivity contribution >= 4 is 23.5 Å². The summed E-state index contributed by atoms with van der Waals surface area (Å²) >= 11 is 1.65. The van der Waals surface area contributed by atoms with Gasteiger partial charge in [-0.3, -0.25) is 4.90 Å². The Labute approximate surface area is 176 Å². The largest absolute Gasteiger partial charge is 0.379 e. The normalized spacial score (nSPS) is 15.7. The minimum Gasteiger partial charge on any atom is -0.379 e. The number of hydrogen-bond donors (Lipinski definition) is 2. The van der Waals surface area contributed by atoms with Crippen molar-refractivity contribution in [2.24, 2.45) is 0 Å². The molecule has 1 fully saturated rings. The monoisotopic (exact) mass is 417 g/mol. The fourth-order valence-electron chi connectivity index (χ4n) is 3.19. The minimum absolute atomic E-state index is 0.203. The first-order chi connectivity index (χ1) is 14.1. The highest BCUT2D eigenvalue weighted by atomic mass is 32.2. The van der Waals surface area contributed by atoms with Crippen molar-refractivity contribution in [1.82, 2.24) is 10.2 Å². The van der Waals surface area contributed by atoms with Crippen LogP contribution >= 0.6 is 11.8 Å². The molecule has 156 valence electrons. The van der Waals surface area contributed by atoms with Gasteiger partial charge in [-0.2, -0.15) is 0 Å². The maximum atomic E-state index is 12.9. The summed E-state index contributed by atoms with van der Waals surface area (Å²) in [6.45, 7) is 6.25. The molecule has 7 heteroatoms. The summed E-state index contributed by atoms with van der Waals surface area (Å²) in [4.78, 5) is 15.5. The van der Waals surface area contributed by atoms with E-state index in [0.29, 0.717) is 12.6 Å². The highest BCUT2D eigenvalue weighted by Gasteiger charge is 2.18. The average molecular weight is 418 g/mol. The van der Waals surface area contributed by atoms with Gasteiger partial charge in [0.2, 0.25) is 0 Å². The lowest BCUT2D eigenvalue weighted by Gasteiger charge is -2.32. The number of nitrogens with one attached hydrogen (secondary N) is 2. The van der Waals surface area contributed by atoms with Gasteiger partial charge in [0, 0.05) is 36.3 Å². The fraction of sp³-hybridized carbons (Fsp3) is 0.409. The molecule has 0 saturated carbocycles. The molecule has 29 heavy (non-hydrogen) atoms. The molecule has 1 aliphatic heterocycles. The van der Waals surface area contributed by atoms with Gasteiger partial charge in [-0.1, -0.05) is 12.1 Å². The van der Waals surface area contributed by atoms with Gasteiger partial charge in [-0.15, -0.1) is 11.8 Å². The van der Waals surface area contributed by atoms with Gasteiger partial charge in [-0.25, -0.2) is 9.18 Å². The molecule has 2 aromatic carbocycles. The topological polar surface area (TPSA) is 53.6 Å². The molecule has 0 aliphatic carbocycles. The molecule has 0 spiro atoms. The van der Waals surface area contributed by atoms with Crippen molar-refractivity contribution in [3.63, 3.8) is 0 Å². The molecule has 0 bridgehead atoms. The second-order valence-corrected chi connectivity index (χ2v) is 8.15. The summed E-state index contributed by atoms with van der Waals surface area (Å²) in [5, 5.41) is 5.74. The maximum Gasteiger partial charge on any atom is 0.319 e. The zero-order valence-electron chi connectivity index (χ0n) is 16.7. The van der Waals surface area contributed by atoms with E-state index >= 15 is 0 Å². The first kappa shape index (κ1) is 21.6. The van der Waals surface area contributed by atoms with Crippen molar-refractivity contribution in [3.8, 4) is 0 Å². The third kappa shape index (κ3) is 7.03. The van der Waals surface area contributed by atoms with Crippen molar-refractivity contribution in [1.29, 1.82) is 0 Å². The highest BCUT2D eigenvalue weighted by Crippen LogP contribution is 2.23. The van der Waals surface area contributed by atoms with Gasteiger partial charge in [0.1, 0.15) is 5.82 Å². The number of ether oxygens (including phenoxy) is 1. The van der Waals surface area contributed by atoms with Gasteiger partial charge < -0.3 is 15.4 Å². The third-order valence-corrected chi connectivity index (χ3v) is 6.03. The SMILES string of the molecule is CC(c1ccc(NC(=O)NCCCSc2ccc(F)cc2)cc1)N1CCOCC1. The molecule has 0 radical (unpaired) electrons. The second kappa shape index (κ2) is 11.2. The Morgan fingerprint density at radius 1 is 1.14 bits per heavy atom. The summed E-state index contributed by atoms with van der Waals surface area (Å²) in [6, 6.07) is 14.6. The van der Waals surface area contributed by atoms with E-state index < -0.39 is 0 Å². The molecule has 5 nitrogen and oxygen atoms in total. The van der Waals surface area contributed by atoms with E-state index in [0.717, 1.165) is 49.1 Å². The summed E-state index contributed by atoms with van der Waals surface area (Å²) < 4.78 is 18.3. The predicted molar refractivity (Wildman–Crippen MR) is 116 cm³/mol. The molecular formula is C22H28FN3O2S. The van der Waals surface area contributed by atoms with Crippen LogP contribution in [0.2, 0.25) is 0 Å². The van der Waals surface area contributed by atoms with Gasteiger partial charge in [-0.05, 0) is 61.1 Å². The first-order valence-electron chi connectivity index (χ1n) is 9.97. The fourth-order valence-corrected chi connectivity index (χ4v) is 4.04. The van der Waals surface area contributed by atoms with E-state index in [2.05, 4.69) is 34.6 Å². The Morgan fingerprint density at radius 3 is 2.52 bits per heavy atom. The van der Waals surface area contributed by atoms with Crippen LogP contribution in [0.4, 0.5) is 14.9 Å². The van der Waals surface area contributed by atoms with Crippen LogP contribution in [0, 0.1) is 5.82 Å². The number of carbonyl (C=O) groups excluding carboxylic acids is 1. The molecule has 1 atom stereocenters. The van der Waals surface area contributed by atoms with E-state index in [9.17, 15) is 9.18 Å². The third-order valence-electron chi connectivity index (χ3n) is 4.93. The number of halogens is 1. The molecule has 1 unspecified atom stereocenters. The number of anilines is 1. The first-order valence-corrected chi connectivity index (χ1v) is 11.0. The van der Waals surface area contributed by atoms with Crippen molar-refractivity contribution in [3.05, 3.63) is 59.9 Å². The smallest absolute Gasteiger partial charge is 0.319 e. The molecule has 3 rings (SSSR count). The molecule has 2 amide bonds. The molecule has 0 aromatic heterocycles. The van der Waals surface area contributed by atoms with E-state index in [1.807, 2.05) is 12.1 Å². The molecule has 2 aromatic rings. The maximum absolute atomic E-state index is 12.9. The lowest BCUT2D eigenvalue weighted by Crippen LogP contribution is -2.38. The van der Waals surface area contributed by atoms with Gasteiger partial charge in [0.05, 0.1) is 13.2 Å². The summed E-state index contributed by atoms with van der Waals surface area (Å²) in [5.74, 6) is 0.635. The van der Waals surface area contributed by atoms with Crippen LogP contribution in [0.1, 0.15) is 24.9 Å². The lowest BCUT2D eigenvalue weighted by atomic mass is 10.1. The Bertz CT molecular complexity index is 765. The zero-order chi connectivity index (χ0) is 20.5. The summed E-state index contributed by atoms with van der Waals surface area (Å²) in [5.41, 5.74) is 2.01. The quantitative estimate of drug-likeness (QED) is 0.490. The Balaban J connectivity index is 1.35. The Hall–Kier alpha value is -2.09. The molecule has 1 heterocycles. The van der Waals surface area contributed by atoms with Crippen molar-refractivity contribution < 1.29 is 13.9 Å². The number of thioether (sulfide) groups is 1. The van der Waals surface area contributed by atoms with E-state index in [1.54, 1.807) is 23.9 Å². The molecule has 1 aliphatic rings. The van der Waals surface area contributed by atoms with Crippen molar-refractivity contribution in [2.45, 2.75) is 24.3 Å². The average Bonchev–Trinajstić information content (AvgIpc) is 2.75. The van der Waals surface area contributed by atoms with Crippen LogP contribution in [0.3, 0.4) is 0 Å². The molecule has 2 N–H and O–H groups in total. The van der Waals surface area contributed by atoms with Crippen LogP contribution in [0.15, 0.2) is 53.4 Å². The van der Waals surface area contributed by atoms with Gasteiger partial charge in [0.25, 0.3) is 0 Å². The number of urea groups is 1. The number of rotatable bonds is 8. The number of benzene rings is 2. The van der Waals surface area contributed by atoms with Crippen LogP contribution in [0.5, 0.6) is 0 Å². The molecular weight excluding hydrogens is 389 g/mol. The van der Waals surface area contributed by atoms with Crippen molar-refractivity contribution in [2.75, 3.05) is 43.9 Å². The van der Waals surface area contributed by atoms with Crippen LogP contribution in [-0.4, -0.2) is 49.5 Å². The zero-order valence-corrected chi connectivity index (χ0v) is 17.5. The number of amides is 2. The summed E-state index contributed by atoms with van der Waals surface area (Å²) in [6.07, 6.45) is 0.839. The van der Waals surface area contributed by atoms with E-state index in [-0.39, 0.29) is 11.8 Å². The Kier molecular flexibility index (Phi) is 8.34. The number of morpholine rings is 1. The number of nitrogens with zero attached hydrogens (tertiary/aromatic N) is 1. The second-order valence-electron chi connectivity index (χ2n) is 6.98. The lowest BCUT2D eigenvalue weighted by molar-refractivity contribution is 0.0198. The van der Waals surface area contributed by atoms with E-state index in [4.69, 9.17) is 4.74 Å². The standard InChI is InChI=1S/C22H28FN3O2S/c1-17(26-12-14-28-15-13-26)18-3-7-20(8-4-18)25-22(27)24-11-2-16-29-21-9-5-19(23)6-10-21/h3-10,17H,2,11-16H2,1H3,(H2,24,25,27). The van der Waals surface area contributed by atoms with Gasteiger partial charge in [0.15, 0.2) is 0 Å². The number of hydrogen-bond acceptors (Lipinski definition) is 4. The Morgan fingerprint density at radius 2 is 1.83 bits per heavy atom. The minimum atomic E-state index is -0.226. The van der Waals surface area contributed by atoms with Crippen LogP contribution in [0.25, 0.3) is 0 Å². The predicted octanol–water partition coefficient (Wildman–Crippen LogP) is 4.52. The van der Waals surface area contributed by atoms with Gasteiger partial charge >= 0.3 is 6.03 Å². The van der Waals surface area contributed by atoms with E-state index in [1.165, 1.54) is 17.7 Å². The highest BCUT2D eigenvalue weighted by molar-refractivity contribution is 7.99.